The summed E-state index contributed by atoms with van der Waals surface area (Å²) in [5.74, 6) is 0.230. The van der Waals surface area contributed by atoms with Gasteiger partial charge in [-0.3, -0.25) is 4.72 Å². The summed E-state index contributed by atoms with van der Waals surface area (Å²) < 4.78 is 42.1. The Hall–Kier alpha value is -3.45. The first-order valence-corrected chi connectivity index (χ1v) is 14.6. The number of aromatic nitrogens is 4. The van der Waals surface area contributed by atoms with Crippen LogP contribution < -0.4 is 18.9 Å². The zero-order valence-electron chi connectivity index (χ0n) is 20.4. The molecule has 0 aliphatic carbocycles. The third-order valence-electron chi connectivity index (χ3n) is 5.12. The number of nitrogens with zero attached hydrogens (tertiary/aromatic N) is 4. The maximum absolute atomic E-state index is 12.8. The van der Waals surface area contributed by atoms with Crippen LogP contribution in [0, 0.1) is 0 Å². The summed E-state index contributed by atoms with van der Waals surface area (Å²) in [7, 11) is -3.94. The van der Waals surface area contributed by atoms with Gasteiger partial charge in [0.25, 0.3) is 10.2 Å². The van der Waals surface area contributed by atoms with Gasteiger partial charge in [-0.1, -0.05) is 54.1 Å². The Morgan fingerprint density at radius 1 is 0.921 bits per heavy atom. The fourth-order valence-corrected chi connectivity index (χ4v) is 4.62. The molecule has 0 bridgehead atoms. The fourth-order valence-electron chi connectivity index (χ4n) is 3.33. The molecule has 0 fully saturated rings. The third kappa shape index (κ3) is 8.02. The van der Waals surface area contributed by atoms with E-state index in [1.54, 1.807) is 36.7 Å². The van der Waals surface area contributed by atoms with Gasteiger partial charge in [0.2, 0.25) is 5.88 Å². The molecule has 198 valence electrons. The Kier molecular flexibility index (Phi) is 9.71. The molecule has 0 radical (unpaired) electrons. The first-order chi connectivity index (χ1) is 18.4. The van der Waals surface area contributed by atoms with Crippen molar-refractivity contribution < 1.29 is 17.9 Å². The molecule has 0 aliphatic rings. The minimum Gasteiger partial charge on any atom is -0.473 e. The average Bonchev–Trinajstić information content (AvgIpc) is 2.92. The Morgan fingerprint density at radius 2 is 1.63 bits per heavy atom. The van der Waals surface area contributed by atoms with E-state index in [9.17, 15) is 8.42 Å². The van der Waals surface area contributed by atoms with E-state index in [2.05, 4.69) is 29.4 Å². The highest BCUT2D eigenvalue weighted by Gasteiger charge is 2.20. The van der Waals surface area contributed by atoms with Gasteiger partial charge in [-0.2, -0.15) is 13.1 Å². The quantitative estimate of drug-likeness (QED) is 0.178. The summed E-state index contributed by atoms with van der Waals surface area (Å²) in [6.45, 7) is 0.457. The normalized spacial score (nSPS) is 11.2. The van der Waals surface area contributed by atoms with Gasteiger partial charge in [0.1, 0.15) is 19.5 Å². The van der Waals surface area contributed by atoms with Crippen LogP contribution in [0.3, 0.4) is 0 Å². The summed E-state index contributed by atoms with van der Waals surface area (Å²) in [6, 6.07) is 16.6. The maximum Gasteiger partial charge on any atom is 0.316 e. The number of ether oxygens (including phenoxy) is 2. The molecule has 2 heterocycles. The number of nitrogens with one attached hydrogen (secondary N) is 2. The van der Waals surface area contributed by atoms with E-state index in [0.29, 0.717) is 22.6 Å². The summed E-state index contributed by atoms with van der Waals surface area (Å²) >= 11 is 7.59. The van der Waals surface area contributed by atoms with Crippen molar-refractivity contribution in [3.63, 3.8) is 0 Å². The van der Waals surface area contributed by atoms with Crippen LogP contribution in [0.5, 0.6) is 11.9 Å². The highest BCUT2D eigenvalue weighted by molar-refractivity contribution is 7.98. The van der Waals surface area contributed by atoms with Crippen molar-refractivity contribution in [1.82, 2.24) is 24.7 Å². The van der Waals surface area contributed by atoms with Crippen molar-refractivity contribution in [2.45, 2.75) is 11.3 Å². The van der Waals surface area contributed by atoms with Crippen molar-refractivity contribution in [2.24, 2.45) is 0 Å². The zero-order chi connectivity index (χ0) is 26.8. The van der Waals surface area contributed by atoms with Gasteiger partial charge in [0, 0.05) is 28.9 Å². The van der Waals surface area contributed by atoms with E-state index in [1.165, 1.54) is 18.1 Å². The van der Waals surface area contributed by atoms with Crippen LogP contribution in [0.4, 0.5) is 5.82 Å². The first kappa shape index (κ1) is 27.6. The molecule has 0 amide bonds. The Balaban J connectivity index is 1.47. The van der Waals surface area contributed by atoms with E-state index in [-0.39, 0.29) is 37.5 Å². The molecule has 13 heteroatoms. The van der Waals surface area contributed by atoms with Gasteiger partial charge in [-0.25, -0.2) is 19.9 Å². The van der Waals surface area contributed by atoms with E-state index in [1.807, 2.05) is 36.6 Å². The molecule has 0 spiro atoms. The molecule has 0 unspecified atom stereocenters. The Labute approximate surface area is 230 Å². The van der Waals surface area contributed by atoms with Crippen molar-refractivity contribution in [3.8, 4) is 23.0 Å². The highest BCUT2D eigenvalue weighted by Crippen LogP contribution is 2.34. The molecule has 0 atom stereocenters. The maximum atomic E-state index is 12.8. The number of anilines is 1. The van der Waals surface area contributed by atoms with Crippen LogP contribution in [-0.4, -0.2) is 54.4 Å². The number of hydrogen-bond acceptors (Lipinski definition) is 9. The number of halogens is 1. The number of benzene rings is 2. The SMILES string of the molecule is CSc1cnc(OCCOc2ncnc(NS(=O)(=O)NCCc3ccccc3)c2-c2ccc(Cl)cc2)nc1. The minimum absolute atomic E-state index is 0.0569. The van der Waals surface area contributed by atoms with Crippen molar-refractivity contribution in [1.29, 1.82) is 0 Å². The van der Waals surface area contributed by atoms with Crippen LogP contribution in [0.15, 0.2) is 78.2 Å². The number of rotatable bonds is 13. The molecule has 10 nitrogen and oxygen atoms in total. The second-order valence-corrected chi connectivity index (χ2v) is 10.6. The molecule has 0 saturated heterocycles. The standard InChI is InChI=1S/C25H25ClN6O4S2/c1-37-21-15-27-25(28-16-21)36-14-13-35-24-22(19-7-9-20(26)10-8-19)23(29-17-30-24)32-38(33,34)31-12-11-18-5-3-2-4-6-18/h2-10,15-17,31H,11-14H2,1H3,(H,29,30,32). The number of thioether (sulfide) groups is 1. The number of hydrogen-bond donors (Lipinski definition) is 2. The highest BCUT2D eigenvalue weighted by atomic mass is 35.5. The van der Waals surface area contributed by atoms with Gasteiger partial charge in [-0.05, 0) is 35.9 Å². The summed E-state index contributed by atoms with van der Waals surface area (Å²) in [5.41, 5.74) is 1.99. The summed E-state index contributed by atoms with van der Waals surface area (Å²) in [4.78, 5) is 17.6. The summed E-state index contributed by atoms with van der Waals surface area (Å²) in [5, 5.41) is 0.527. The van der Waals surface area contributed by atoms with Gasteiger partial charge in [-0.15, -0.1) is 11.8 Å². The lowest BCUT2D eigenvalue weighted by Crippen LogP contribution is -2.32. The molecule has 4 aromatic rings. The Bertz CT molecular complexity index is 1430. The molecular formula is C25H25ClN6O4S2. The van der Waals surface area contributed by atoms with Crippen molar-refractivity contribution >= 4 is 39.4 Å². The van der Waals surface area contributed by atoms with Gasteiger partial charge in [0.15, 0.2) is 5.82 Å². The van der Waals surface area contributed by atoms with Crippen LogP contribution in [-0.2, 0) is 16.6 Å². The molecule has 2 aromatic heterocycles. The van der Waals surface area contributed by atoms with Gasteiger partial charge >= 0.3 is 6.01 Å². The lowest BCUT2D eigenvalue weighted by atomic mass is 10.1. The largest absolute Gasteiger partial charge is 0.473 e. The zero-order valence-corrected chi connectivity index (χ0v) is 22.8. The monoisotopic (exact) mass is 572 g/mol. The molecular weight excluding hydrogens is 548 g/mol. The molecule has 2 aromatic carbocycles. The summed E-state index contributed by atoms with van der Waals surface area (Å²) in [6.07, 6.45) is 7.03. The smallest absolute Gasteiger partial charge is 0.316 e. The average molecular weight is 573 g/mol. The van der Waals surface area contributed by atoms with Crippen LogP contribution in [0.1, 0.15) is 5.56 Å². The molecule has 38 heavy (non-hydrogen) atoms. The topological polar surface area (TPSA) is 128 Å². The van der Waals surface area contributed by atoms with Crippen LogP contribution >= 0.6 is 23.4 Å². The second kappa shape index (κ2) is 13.4. The van der Waals surface area contributed by atoms with E-state index in [4.69, 9.17) is 21.1 Å². The van der Waals surface area contributed by atoms with Crippen molar-refractivity contribution in [3.05, 3.63) is 83.9 Å². The van der Waals surface area contributed by atoms with Crippen molar-refractivity contribution in [2.75, 3.05) is 30.7 Å². The molecule has 2 N–H and O–H groups in total. The molecule has 4 rings (SSSR count). The van der Waals surface area contributed by atoms with Crippen LogP contribution in [0.2, 0.25) is 5.02 Å². The predicted molar refractivity (Wildman–Crippen MR) is 148 cm³/mol. The van der Waals surface area contributed by atoms with E-state index < -0.39 is 10.2 Å². The van der Waals surface area contributed by atoms with E-state index >= 15 is 0 Å². The lowest BCUT2D eigenvalue weighted by molar-refractivity contribution is 0.201. The predicted octanol–water partition coefficient (Wildman–Crippen LogP) is 4.26. The minimum atomic E-state index is -3.94. The Morgan fingerprint density at radius 3 is 2.34 bits per heavy atom. The van der Waals surface area contributed by atoms with Crippen LogP contribution in [0.25, 0.3) is 11.1 Å². The fraction of sp³-hybridized carbons (Fsp3) is 0.200. The second-order valence-electron chi connectivity index (χ2n) is 7.75. The van der Waals surface area contributed by atoms with Gasteiger partial charge in [0.05, 0.1) is 5.56 Å². The first-order valence-electron chi connectivity index (χ1n) is 11.5. The lowest BCUT2D eigenvalue weighted by Gasteiger charge is -2.16. The van der Waals surface area contributed by atoms with Gasteiger partial charge < -0.3 is 9.47 Å². The molecule has 0 aliphatic heterocycles. The van der Waals surface area contributed by atoms with E-state index in [0.717, 1.165) is 10.5 Å². The third-order valence-corrected chi connectivity index (χ3v) is 7.10. The molecule has 0 saturated carbocycles.